The molecule has 3 N–H and O–H groups in total. The van der Waals surface area contributed by atoms with Crippen molar-refractivity contribution in [2.45, 2.75) is 50.3 Å². The van der Waals surface area contributed by atoms with Gasteiger partial charge in [-0.2, -0.15) is 0 Å². The average molecular weight is 623 g/mol. The number of sulfonamides is 2. The molecule has 4 rings (SSSR count). The van der Waals surface area contributed by atoms with Crippen LogP contribution in [0.2, 0.25) is 0 Å². The van der Waals surface area contributed by atoms with E-state index in [1.54, 1.807) is 48.8 Å². The summed E-state index contributed by atoms with van der Waals surface area (Å²) in [6.07, 6.45) is 3.06. The molecule has 0 unspecified atom stereocenters. The third-order valence-corrected chi connectivity index (χ3v) is 9.83. The van der Waals surface area contributed by atoms with E-state index < -0.39 is 38.2 Å². The van der Waals surface area contributed by atoms with Crippen LogP contribution in [0.15, 0.2) is 109 Å². The predicted molar refractivity (Wildman–Crippen MR) is 168 cm³/mol. The van der Waals surface area contributed by atoms with E-state index in [2.05, 4.69) is 19.4 Å². The fourth-order valence-corrected chi connectivity index (χ4v) is 7.40. The van der Waals surface area contributed by atoms with Gasteiger partial charge < -0.3 is 5.11 Å². The number of aryl methyl sites for hydroxylation is 2. The normalized spacial score (nSPS) is 14.2. The Balaban J connectivity index is 1.50. The summed E-state index contributed by atoms with van der Waals surface area (Å²) < 4.78 is 58.1. The summed E-state index contributed by atoms with van der Waals surface area (Å²) in [5, 5.41) is 11.5. The summed E-state index contributed by atoms with van der Waals surface area (Å²) in [4.78, 5) is 8.41. The Morgan fingerprint density at radius 2 is 1.07 bits per heavy atom. The minimum absolute atomic E-state index is 0.00201. The van der Waals surface area contributed by atoms with Crippen molar-refractivity contribution >= 4 is 20.0 Å². The van der Waals surface area contributed by atoms with Gasteiger partial charge >= 0.3 is 0 Å². The number of nitrogens with zero attached hydrogens (tertiary/aromatic N) is 2. The summed E-state index contributed by atoms with van der Waals surface area (Å²) in [5.74, 6) is -0.366. The largest absolute Gasteiger partial charge is 0.391 e. The van der Waals surface area contributed by atoms with Crippen LogP contribution in [0.4, 0.5) is 0 Å². The Hall–Kier alpha value is -3.48. The Morgan fingerprint density at radius 1 is 0.605 bits per heavy atom. The van der Waals surface area contributed by atoms with E-state index >= 15 is 0 Å². The number of benzene rings is 2. The van der Waals surface area contributed by atoms with Crippen molar-refractivity contribution in [2.75, 3.05) is 11.5 Å². The van der Waals surface area contributed by atoms with E-state index in [1.165, 1.54) is 0 Å². The maximum Gasteiger partial charge on any atom is 0.212 e. The first kappa shape index (κ1) is 32.4. The lowest BCUT2D eigenvalue weighted by Gasteiger charge is -2.28. The molecule has 3 atom stereocenters. The first-order chi connectivity index (χ1) is 20.7. The predicted octanol–water partition coefficient (Wildman–Crippen LogP) is 3.07. The second kappa shape index (κ2) is 15.8. The first-order valence-corrected chi connectivity index (χ1v) is 17.5. The second-order valence-corrected chi connectivity index (χ2v) is 14.2. The van der Waals surface area contributed by atoms with Gasteiger partial charge in [-0.25, -0.2) is 26.3 Å². The minimum Gasteiger partial charge on any atom is -0.391 e. The molecule has 228 valence electrons. The lowest BCUT2D eigenvalue weighted by molar-refractivity contribution is 0.118. The van der Waals surface area contributed by atoms with Gasteiger partial charge in [-0.15, -0.1) is 0 Å². The third-order valence-electron chi connectivity index (χ3n) is 7.00. The zero-order valence-corrected chi connectivity index (χ0v) is 25.5. The van der Waals surface area contributed by atoms with Gasteiger partial charge in [0.15, 0.2) is 0 Å². The summed E-state index contributed by atoms with van der Waals surface area (Å²) in [6, 6.07) is 27.8. The summed E-state index contributed by atoms with van der Waals surface area (Å²) in [6.45, 7) is 0. The van der Waals surface area contributed by atoms with Gasteiger partial charge in [0.2, 0.25) is 20.0 Å². The molecule has 2 aromatic heterocycles. The molecular formula is C32H38N4O5S2. The van der Waals surface area contributed by atoms with Crippen LogP contribution in [0, 0.1) is 0 Å². The molecule has 0 aliphatic heterocycles. The molecule has 11 heteroatoms. The van der Waals surface area contributed by atoms with E-state index in [4.69, 9.17) is 0 Å². The fraction of sp³-hybridized carbons (Fsp3) is 0.312. The number of pyridine rings is 2. The van der Waals surface area contributed by atoms with Gasteiger partial charge in [-0.05, 0) is 54.7 Å². The Kier molecular flexibility index (Phi) is 11.9. The molecule has 43 heavy (non-hydrogen) atoms. The molecule has 0 spiro atoms. The molecule has 0 aliphatic rings. The SMILES string of the molecule is O=S(=O)(CCc1ccccn1)N[C@@H](Cc1ccccc1)C[C@H](O)[C@H](Cc1ccccc1)NS(=O)(=O)CCc1ccccn1. The molecule has 4 aromatic rings. The Labute approximate surface area is 254 Å². The molecule has 0 bridgehead atoms. The molecule has 0 saturated carbocycles. The molecule has 0 radical (unpaired) electrons. The maximum absolute atomic E-state index is 13.2. The van der Waals surface area contributed by atoms with E-state index in [1.807, 2.05) is 60.7 Å². The molecule has 0 fully saturated rings. The van der Waals surface area contributed by atoms with Crippen LogP contribution in [-0.4, -0.2) is 61.6 Å². The van der Waals surface area contributed by atoms with Crippen molar-refractivity contribution in [3.63, 3.8) is 0 Å². The number of hydrogen-bond donors (Lipinski definition) is 3. The Bertz CT molecular complexity index is 1590. The molecule has 0 aliphatic carbocycles. The van der Waals surface area contributed by atoms with Gasteiger partial charge in [0.1, 0.15) is 0 Å². The number of rotatable bonds is 17. The summed E-state index contributed by atoms with van der Waals surface area (Å²) >= 11 is 0. The van der Waals surface area contributed by atoms with Crippen molar-refractivity contribution in [3.8, 4) is 0 Å². The lowest BCUT2D eigenvalue weighted by Crippen LogP contribution is -2.49. The summed E-state index contributed by atoms with van der Waals surface area (Å²) in [7, 11) is -7.56. The lowest BCUT2D eigenvalue weighted by atomic mass is 9.95. The van der Waals surface area contributed by atoms with Crippen molar-refractivity contribution in [1.29, 1.82) is 0 Å². The van der Waals surface area contributed by atoms with Gasteiger partial charge in [-0.1, -0.05) is 72.8 Å². The Morgan fingerprint density at radius 3 is 1.56 bits per heavy atom. The highest BCUT2D eigenvalue weighted by Crippen LogP contribution is 2.16. The van der Waals surface area contributed by atoms with E-state index in [0.29, 0.717) is 17.8 Å². The van der Waals surface area contributed by atoms with E-state index in [-0.39, 0.29) is 37.2 Å². The van der Waals surface area contributed by atoms with Crippen LogP contribution >= 0.6 is 0 Å². The van der Waals surface area contributed by atoms with Crippen molar-refractivity contribution in [2.24, 2.45) is 0 Å². The first-order valence-electron chi connectivity index (χ1n) is 14.2. The van der Waals surface area contributed by atoms with Crippen LogP contribution in [0.5, 0.6) is 0 Å². The number of aliphatic hydroxyl groups is 1. The van der Waals surface area contributed by atoms with Gasteiger partial charge in [0.05, 0.1) is 23.7 Å². The molecule has 9 nitrogen and oxygen atoms in total. The molecular weight excluding hydrogens is 585 g/mol. The number of hydrogen-bond acceptors (Lipinski definition) is 7. The van der Waals surface area contributed by atoms with Crippen LogP contribution in [0.3, 0.4) is 0 Å². The van der Waals surface area contributed by atoms with Gasteiger partial charge in [0.25, 0.3) is 0 Å². The minimum atomic E-state index is -3.81. The van der Waals surface area contributed by atoms with E-state index in [0.717, 1.165) is 11.1 Å². The molecule has 2 heterocycles. The number of nitrogens with one attached hydrogen (secondary N) is 2. The van der Waals surface area contributed by atoms with Crippen LogP contribution in [-0.2, 0) is 45.7 Å². The van der Waals surface area contributed by atoms with Crippen LogP contribution < -0.4 is 9.44 Å². The number of aromatic nitrogens is 2. The monoisotopic (exact) mass is 622 g/mol. The maximum atomic E-state index is 13.2. The average Bonchev–Trinajstić information content (AvgIpc) is 3.00. The van der Waals surface area contributed by atoms with Crippen molar-refractivity contribution in [1.82, 2.24) is 19.4 Å². The highest BCUT2D eigenvalue weighted by molar-refractivity contribution is 7.89. The third kappa shape index (κ3) is 11.6. The van der Waals surface area contributed by atoms with Crippen molar-refractivity contribution < 1.29 is 21.9 Å². The second-order valence-electron chi connectivity index (χ2n) is 10.5. The zero-order chi connectivity index (χ0) is 30.5. The molecule has 2 aromatic carbocycles. The number of aliphatic hydroxyl groups excluding tert-OH is 1. The van der Waals surface area contributed by atoms with E-state index in [9.17, 15) is 21.9 Å². The topological polar surface area (TPSA) is 138 Å². The van der Waals surface area contributed by atoms with Crippen LogP contribution in [0.25, 0.3) is 0 Å². The highest BCUT2D eigenvalue weighted by atomic mass is 32.2. The van der Waals surface area contributed by atoms with Crippen LogP contribution in [0.1, 0.15) is 28.9 Å². The van der Waals surface area contributed by atoms with Gasteiger partial charge in [-0.3, -0.25) is 9.97 Å². The van der Waals surface area contributed by atoms with Gasteiger partial charge in [0, 0.05) is 42.7 Å². The standard InChI is InChI=1S/C32H38N4O5S2/c37-32(31(24-27-13-5-2-6-14-27)36-43(40,41)22-18-29-16-8-10-20-34-29)25-30(23-26-11-3-1-4-12-26)35-42(38,39)21-17-28-15-7-9-19-33-28/h1-16,19-20,30-32,35-37H,17-18,21-25H2/t30-,31-,32-/m0/s1. The molecule has 0 amide bonds. The molecule has 0 saturated heterocycles. The zero-order valence-electron chi connectivity index (χ0n) is 23.9. The fourth-order valence-electron chi connectivity index (χ4n) is 4.82. The highest BCUT2D eigenvalue weighted by Gasteiger charge is 2.29. The quantitative estimate of drug-likeness (QED) is 0.165. The smallest absolute Gasteiger partial charge is 0.212 e. The summed E-state index contributed by atoms with van der Waals surface area (Å²) in [5.41, 5.74) is 3.05. The van der Waals surface area contributed by atoms with Crippen molar-refractivity contribution in [3.05, 3.63) is 132 Å².